The van der Waals surface area contributed by atoms with Crippen molar-refractivity contribution in [1.82, 2.24) is 15.1 Å². The normalized spacial score (nSPS) is 48.9. The van der Waals surface area contributed by atoms with Gasteiger partial charge >= 0.3 is 5.97 Å². The maximum absolute atomic E-state index is 14.3. The molecule has 6 aliphatic rings. The fraction of sp³-hybridized carbons (Fsp3) is 0.904. The number of nitrogens with zero attached hydrogens (tertiary/aromatic N) is 2. The van der Waals surface area contributed by atoms with E-state index in [9.17, 15) is 50.1 Å². The van der Waals surface area contributed by atoms with Gasteiger partial charge in [-0.15, -0.1) is 0 Å². The third-order valence-electron chi connectivity index (χ3n) is 18.6. The van der Waals surface area contributed by atoms with E-state index in [0.29, 0.717) is 45.2 Å². The Kier molecular flexibility index (Phi) is 16.9. The van der Waals surface area contributed by atoms with Gasteiger partial charge in [-0.1, -0.05) is 40.2 Å². The summed E-state index contributed by atoms with van der Waals surface area (Å²) in [6, 6.07) is -1.03. The number of carbonyl (C=O) groups excluding carboxylic acids is 3. The molecule has 68 heavy (non-hydrogen) atoms. The number of ketones is 1. The maximum atomic E-state index is 14.3. The van der Waals surface area contributed by atoms with E-state index >= 15 is 0 Å². The summed E-state index contributed by atoms with van der Waals surface area (Å²) in [5, 5.41) is 87.1. The molecule has 5 unspecified atom stereocenters. The van der Waals surface area contributed by atoms with Gasteiger partial charge < -0.3 is 60.2 Å². The van der Waals surface area contributed by atoms with Crippen LogP contribution in [0.1, 0.15) is 140 Å². The first-order valence-corrected chi connectivity index (χ1v) is 25.9. The van der Waals surface area contributed by atoms with Crippen molar-refractivity contribution in [3.8, 4) is 0 Å². The number of aliphatic hydroxyl groups excluding tert-OH is 4. The van der Waals surface area contributed by atoms with Gasteiger partial charge in [0.1, 0.15) is 29.5 Å². The zero-order chi connectivity index (χ0) is 50.6. The second kappa shape index (κ2) is 20.8. The van der Waals surface area contributed by atoms with Crippen LogP contribution in [0.3, 0.4) is 0 Å². The molecule has 2 heterocycles. The number of nitrogens with one attached hydrogen (secondary N) is 1. The van der Waals surface area contributed by atoms with E-state index in [1.165, 1.54) is 13.8 Å². The van der Waals surface area contributed by atoms with Crippen molar-refractivity contribution in [2.24, 2.45) is 46.3 Å². The molecular formula is C52H89N3O13. The van der Waals surface area contributed by atoms with E-state index in [1.54, 1.807) is 33.8 Å². The highest BCUT2D eigenvalue weighted by molar-refractivity contribution is 5.91. The Balaban J connectivity index is 1.20. The summed E-state index contributed by atoms with van der Waals surface area (Å²) in [6.45, 7) is 18.5. The maximum Gasteiger partial charge on any atom is 0.311 e. The summed E-state index contributed by atoms with van der Waals surface area (Å²) in [7, 11) is 3.72. The molecule has 1 amide bonds. The standard InChI is InChI=1S/C52H89N3O13/c1-13-39-51(10,64)43(60)32(6)55(27-28(2)25-50(9,63)44(30(4)41(58)31(5)45(61)67-39)68-46-42(59)37(54(11)12)23-29(3)66-46)22-14-21-53-47(62)52(65)20-18-36-35-16-15-33-24-34(56)17-19-48(33,7)40(35)38(57)26-49(36,52)8/h24,28-32,35-44,46,57-60,63-65H,13-23,25-27H2,1-12H3,(H,53,62)/t28-,29-,30+,31-,32-,35?,36?,37-,38+,39-,40?,41+,42?,43-,44?,46+,48+,49+,50-,51-,52+/m1/s1. The van der Waals surface area contributed by atoms with Gasteiger partial charge in [-0.25, -0.2) is 0 Å². The summed E-state index contributed by atoms with van der Waals surface area (Å²) in [4.78, 5) is 44.3. The lowest BCUT2D eigenvalue weighted by Gasteiger charge is -2.60. The van der Waals surface area contributed by atoms with Crippen molar-refractivity contribution in [3.63, 3.8) is 0 Å². The second-order valence-electron chi connectivity index (χ2n) is 23.8. The zero-order valence-corrected chi connectivity index (χ0v) is 43.2. The van der Waals surface area contributed by atoms with Crippen molar-refractivity contribution in [3.05, 3.63) is 11.6 Å². The minimum atomic E-state index is -1.93. The van der Waals surface area contributed by atoms with Crippen molar-refractivity contribution in [2.75, 3.05) is 33.7 Å². The highest BCUT2D eigenvalue weighted by atomic mass is 16.7. The average molecular weight is 964 g/mol. The van der Waals surface area contributed by atoms with Crippen LogP contribution in [0.5, 0.6) is 0 Å². The first-order valence-electron chi connectivity index (χ1n) is 25.9. The van der Waals surface area contributed by atoms with Gasteiger partial charge in [0.05, 0.1) is 35.9 Å². The number of ether oxygens (including phenoxy) is 3. The van der Waals surface area contributed by atoms with Crippen LogP contribution in [0.25, 0.3) is 0 Å². The Hall–Kier alpha value is -2.09. The first kappa shape index (κ1) is 55.2. The fourth-order valence-corrected chi connectivity index (χ4v) is 14.6. The van der Waals surface area contributed by atoms with Crippen LogP contribution in [-0.4, -0.2) is 175 Å². The SMILES string of the molecule is CC[C@H]1OC(=O)[C@H](C)[C@@H](O)[C@H](C)C(O[C@@H]2O[C@H](C)C[C@@H](N(C)C)C2O)[C@](C)(O)C[C@@H](C)CN(CCCNC(=O)[C@@]2(O)CCC3C4CCC5=CC(=O)CC[C@]5(C)C4[C@@H](O)C[C@@]32C)[C@H](C)[C@@H](O)[C@]1(C)O. The summed E-state index contributed by atoms with van der Waals surface area (Å²) in [5.41, 5.74) is -5.30. The van der Waals surface area contributed by atoms with Crippen molar-refractivity contribution in [1.29, 1.82) is 0 Å². The van der Waals surface area contributed by atoms with Crippen LogP contribution in [0, 0.1) is 46.3 Å². The smallest absolute Gasteiger partial charge is 0.311 e. The third-order valence-corrected chi connectivity index (χ3v) is 18.6. The van der Waals surface area contributed by atoms with Crippen LogP contribution in [0.15, 0.2) is 11.6 Å². The molecule has 4 aliphatic carbocycles. The number of carbonyl (C=O) groups is 3. The molecule has 6 rings (SSSR count). The largest absolute Gasteiger partial charge is 0.459 e. The molecular weight excluding hydrogens is 875 g/mol. The molecule has 3 saturated carbocycles. The molecule has 390 valence electrons. The van der Waals surface area contributed by atoms with Crippen LogP contribution in [0.4, 0.5) is 0 Å². The van der Waals surface area contributed by atoms with E-state index in [-0.39, 0.29) is 79.2 Å². The Morgan fingerprint density at radius 2 is 1.62 bits per heavy atom. The van der Waals surface area contributed by atoms with Crippen molar-refractivity contribution < 1.29 is 64.3 Å². The van der Waals surface area contributed by atoms with E-state index in [0.717, 1.165) is 18.4 Å². The minimum Gasteiger partial charge on any atom is -0.459 e. The van der Waals surface area contributed by atoms with Gasteiger partial charge in [-0.3, -0.25) is 19.3 Å². The molecule has 5 fully saturated rings. The molecule has 2 saturated heterocycles. The molecule has 2 aliphatic heterocycles. The van der Waals surface area contributed by atoms with Gasteiger partial charge in [0.2, 0.25) is 0 Å². The fourth-order valence-electron chi connectivity index (χ4n) is 14.6. The van der Waals surface area contributed by atoms with E-state index in [2.05, 4.69) is 12.2 Å². The molecule has 8 N–H and O–H groups in total. The molecule has 0 aromatic rings. The number of likely N-dealkylation sites (N-methyl/N-ethyl adjacent to an activating group) is 1. The third kappa shape index (κ3) is 10.3. The Bertz CT molecular complexity index is 1830. The molecule has 16 heteroatoms. The number of hydrogen-bond donors (Lipinski definition) is 8. The monoisotopic (exact) mass is 964 g/mol. The van der Waals surface area contributed by atoms with Gasteiger partial charge in [0, 0.05) is 49.5 Å². The summed E-state index contributed by atoms with van der Waals surface area (Å²) < 4.78 is 18.6. The highest BCUT2D eigenvalue weighted by Gasteiger charge is 2.68. The molecule has 0 spiro atoms. The van der Waals surface area contributed by atoms with Crippen LogP contribution in [0.2, 0.25) is 0 Å². The minimum absolute atomic E-state index is 0.0288. The number of amides is 1. The lowest BCUT2D eigenvalue weighted by atomic mass is 9.45. The molecule has 0 radical (unpaired) electrons. The topological polar surface area (TPSA) is 239 Å². The molecule has 16 nitrogen and oxygen atoms in total. The zero-order valence-electron chi connectivity index (χ0n) is 43.2. The van der Waals surface area contributed by atoms with Gasteiger partial charge in [-0.2, -0.15) is 0 Å². The quantitative estimate of drug-likeness (QED) is 0.122. The Labute approximate surface area is 405 Å². The molecule has 0 aromatic heterocycles. The number of cyclic esters (lactones) is 1. The first-order chi connectivity index (χ1) is 31.5. The van der Waals surface area contributed by atoms with Crippen LogP contribution < -0.4 is 5.32 Å². The molecule has 0 bridgehead atoms. The van der Waals surface area contributed by atoms with E-state index in [4.69, 9.17) is 14.2 Å². The molecule has 0 aromatic carbocycles. The van der Waals surface area contributed by atoms with Crippen molar-refractivity contribution in [2.45, 2.75) is 218 Å². The summed E-state index contributed by atoms with van der Waals surface area (Å²) >= 11 is 0. The molecule has 21 atom stereocenters. The van der Waals surface area contributed by atoms with E-state index in [1.807, 2.05) is 44.7 Å². The summed E-state index contributed by atoms with van der Waals surface area (Å²) in [6.07, 6.45) is -1.37. The van der Waals surface area contributed by atoms with E-state index < -0.39 is 94.9 Å². The lowest BCUT2D eigenvalue weighted by Crippen LogP contribution is -2.63. The predicted molar refractivity (Wildman–Crippen MR) is 255 cm³/mol. The lowest BCUT2D eigenvalue weighted by molar-refractivity contribution is -0.299. The highest BCUT2D eigenvalue weighted by Crippen LogP contribution is 2.67. The number of rotatable bonds is 9. The number of hydrogen-bond acceptors (Lipinski definition) is 15. The average Bonchev–Trinajstić information content (AvgIpc) is 3.54. The predicted octanol–water partition coefficient (Wildman–Crippen LogP) is 3.09. The number of fused-ring (bicyclic) bond motifs is 5. The van der Waals surface area contributed by atoms with Gasteiger partial charge in [-0.05, 0) is 148 Å². The van der Waals surface area contributed by atoms with Gasteiger partial charge in [0.15, 0.2) is 12.1 Å². The van der Waals surface area contributed by atoms with Crippen LogP contribution in [-0.2, 0) is 28.6 Å². The van der Waals surface area contributed by atoms with Gasteiger partial charge in [0.25, 0.3) is 5.91 Å². The second-order valence-corrected chi connectivity index (χ2v) is 23.8. The number of aliphatic hydroxyl groups is 7. The summed E-state index contributed by atoms with van der Waals surface area (Å²) in [5.74, 6) is -3.33. The van der Waals surface area contributed by atoms with Crippen molar-refractivity contribution >= 4 is 17.7 Å². The number of esters is 1. The number of allylic oxidation sites excluding steroid dienone is 1. The Morgan fingerprint density at radius 1 is 0.941 bits per heavy atom. The van der Waals surface area contributed by atoms with Crippen LogP contribution >= 0.6 is 0 Å². The Morgan fingerprint density at radius 3 is 2.26 bits per heavy atom.